The summed E-state index contributed by atoms with van der Waals surface area (Å²) in [6.45, 7) is 1.57. The van der Waals surface area contributed by atoms with Crippen LogP contribution in [-0.2, 0) is 6.54 Å². The molecule has 0 atom stereocenters. The van der Waals surface area contributed by atoms with Crippen molar-refractivity contribution in [2.24, 2.45) is 5.10 Å². The molecule has 0 radical (unpaired) electrons. The minimum absolute atomic E-state index is 0.493. The highest BCUT2D eigenvalue weighted by molar-refractivity contribution is 7.14. The molecule has 0 amide bonds. The van der Waals surface area contributed by atoms with Crippen molar-refractivity contribution in [2.45, 2.75) is 13.0 Å². The number of anilines is 2. The fourth-order valence-corrected chi connectivity index (χ4v) is 2.55. The average Bonchev–Trinajstić information content (AvgIpc) is 3.25. The number of rotatable bonds is 8. The first-order valence-corrected chi connectivity index (χ1v) is 8.36. The molecule has 24 heavy (non-hydrogen) atoms. The van der Waals surface area contributed by atoms with Crippen LogP contribution in [0.3, 0.4) is 0 Å². The Bertz CT molecular complexity index is 766. The van der Waals surface area contributed by atoms with Crippen LogP contribution in [0.25, 0.3) is 0 Å². The summed E-state index contributed by atoms with van der Waals surface area (Å²) in [5.41, 5.74) is 9.36. The summed E-state index contributed by atoms with van der Waals surface area (Å²) in [6.07, 6.45) is 8.19. The fourth-order valence-electron chi connectivity index (χ4n) is 2.01. The molecule has 3 aromatic rings. The Morgan fingerprint density at radius 2 is 2.21 bits per heavy atom. The largest absolute Gasteiger partial charge is 0.494 e. The van der Waals surface area contributed by atoms with Gasteiger partial charge in [0.15, 0.2) is 0 Å². The number of hydrazone groups is 1. The number of nitrogen functional groups attached to an aromatic ring is 1. The maximum Gasteiger partial charge on any atom is 0.205 e. The predicted octanol–water partition coefficient (Wildman–Crippen LogP) is 2.84. The zero-order valence-electron chi connectivity index (χ0n) is 13.0. The van der Waals surface area contributed by atoms with E-state index in [2.05, 4.69) is 20.5 Å². The van der Waals surface area contributed by atoms with E-state index < -0.39 is 0 Å². The van der Waals surface area contributed by atoms with Gasteiger partial charge in [-0.25, -0.2) is 9.97 Å². The van der Waals surface area contributed by atoms with Crippen LogP contribution in [0.15, 0.2) is 53.5 Å². The number of nitrogens with two attached hydrogens (primary N) is 1. The van der Waals surface area contributed by atoms with Gasteiger partial charge in [-0.15, -0.1) is 11.3 Å². The second kappa shape index (κ2) is 8.11. The van der Waals surface area contributed by atoms with Gasteiger partial charge >= 0.3 is 0 Å². The maximum absolute atomic E-state index is 5.72. The van der Waals surface area contributed by atoms with Crippen LogP contribution in [0.5, 0.6) is 5.75 Å². The van der Waals surface area contributed by atoms with Crippen molar-refractivity contribution < 1.29 is 4.74 Å². The van der Waals surface area contributed by atoms with Crippen molar-refractivity contribution in [1.29, 1.82) is 0 Å². The minimum Gasteiger partial charge on any atom is -0.494 e. The van der Waals surface area contributed by atoms with E-state index in [1.807, 2.05) is 41.4 Å². The monoisotopic (exact) mass is 342 g/mol. The lowest BCUT2D eigenvalue weighted by Crippen LogP contribution is -2.03. The first-order chi connectivity index (χ1) is 11.8. The van der Waals surface area contributed by atoms with Gasteiger partial charge in [0.2, 0.25) is 5.13 Å². The Balaban J connectivity index is 1.41. The number of thiazole rings is 1. The highest BCUT2D eigenvalue weighted by atomic mass is 32.1. The number of aryl methyl sites for hydroxylation is 1. The van der Waals surface area contributed by atoms with Crippen molar-refractivity contribution in [3.63, 3.8) is 0 Å². The van der Waals surface area contributed by atoms with Gasteiger partial charge in [0, 0.05) is 24.3 Å². The van der Waals surface area contributed by atoms with Crippen LogP contribution in [-0.4, -0.2) is 27.4 Å². The highest BCUT2D eigenvalue weighted by Gasteiger charge is 1.97. The summed E-state index contributed by atoms with van der Waals surface area (Å²) >= 11 is 1.41. The van der Waals surface area contributed by atoms with Gasteiger partial charge in [-0.1, -0.05) is 0 Å². The summed E-state index contributed by atoms with van der Waals surface area (Å²) in [4.78, 5) is 8.07. The highest BCUT2D eigenvalue weighted by Crippen LogP contribution is 2.16. The second-order valence-corrected chi connectivity index (χ2v) is 5.88. The molecule has 0 fully saturated rings. The lowest BCUT2D eigenvalue weighted by atomic mass is 10.2. The molecule has 0 saturated carbocycles. The molecule has 3 N–H and O–H groups in total. The first kappa shape index (κ1) is 16.0. The number of nitrogens with zero attached hydrogens (tertiary/aromatic N) is 4. The lowest BCUT2D eigenvalue weighted by Gasteiger charge is -2.06. The number of aromatic nitrogens is 3. The molecule has 1 aromatic carbocycles. The van der Waals surface area contributed by atoms with Gasteiger partial charge in [0.05, 0.1) is 19.1 Å². The van der Waals surface area contributed by atoms with Gasteiger partial charge < -0.3 is 15.0 Å². The molecule has 0 aliphatic heterocycles. The van der Waals surface area contributed by atoms with E-state index in [1.54, 1.807) is 17.8 Å². The molecule has 0 bridgehead atoms. The van der Waals surface area contributed by atoms with Crippen molar-refractivity contribution in [1.82, 2.24) is 14.5 Å². The number of imidazole rings is 1. The molecular formula is C16H18N6OS. The molecule has 0 aliphatic rings. The Morgan fingerprint density at radius 1 is 1.33 bits per heavy atom. The molecule has 8 heteroatoms. The van der Waals surface area contributed by atoms with Gasteiger partial charge in [-0.3, -0.25) is 5.43 Å². The Hall–Kier alpha value is -2.87. The maximum atomic E-state index is 5.72. The summed E-state index contributed by atoms with van der Waals surface area (Å²) < 4.78 is 7.75. The topological polar surface area (TPSA) is 90.3 Å². The second-order valence-electron chi connectivity index (χ2n) is 5.02. The van der Waals surface area contributed by atoms with E-state index in [-0.39, 0.29) is 0 Å². The fraction of sp³-hybridized carbons (Fsp3) is 0.188. The summed E-state index contributed by atoms with van der Waals surface area (Å²) in [5, 5.41) is 6.56. The van der Waals surface area contributed by atoms with Crippen LogP contribution in [0.2, 0.25) is 0 Å². The Labute approximate surface area is 143 Å². The van der Waals surface area contributed by atoms with Crippen molar-refractivity contribution in [3.8, 4) is 5.75 Å². The van der Waals surface area contributed by atoms with Crippen LogP contribution in [0.4, 0.5) is 10.9 Å². The number of hydrogen-bond acceptors (Lipinski definition) is 7. The third-order valence-electron chi connectivity index (χ3n) is 3.16. The molecule has 0 saturated heterocycles. The number of hydrogen-bond donors (Lipinski definition) is 2. The summed E-state index contributed by atoms with van der Waals surface area (Å²) in [6, 6.07) is 7.76. The summed E-state index contributed by atoms with van der Waals surface area (Å²) in [5.74, 6) is 1.34. The van der Waals surface area contributed by atoms with E-state index in [4.69, 9.17) is 10.5 Å². The quantitative estimate of drug-likeness (QED) is 0.373. The van der Waals surface area contributed by atoms with Crippen LogP contribution in [0, 0.1) is 0 Å². The number of benzene rings is 1. The van der Waals surface area contributed by atoms with E-state index in [1.165, 1.54) is 11.3 Å². The number of nitrogens with one attached hydrogen (secondary N) is 1. The van der Waals surface area contributed by atoms with Crippen molar-refractivity contribution in [3.05, 3.63) is 53.9 Å². The average molecular weight is 342 g/mol. The van der Waals surface area contributed by atoms with Gasteiger partial charge in [0.1, 0.15) is 11.6 Å². The lowest BCUT2D eigenvalue weighted by molar-refractivity contribution is 0.302. The molecule has 124 valence electrons. The predicted molar refractivity (Wildman–Crippen MR) is 96.5 cm³/mol. The molecular weight excluding hydrogens is 324 g/mol. The SMILES string of the molecule is Nc1csc(NN=Cc2ccc(OCCCn3ccnc3)cc2)n1. The van der Waals surface area contributed by atoms with Crippen molar-refractivity contribution >= 4 is 28.5 Å². The smallest absolute Gasteiger partial charge is 0.205 e. The van der Waals surface area contributed by atoms with E-state index in [9.17, 15) is 0 Å². The van der Waals surface area contributed by atoms with Crippen LogP contribution < -0.4 is 15.9 Å². The molecule has 3 rings (SSSR count). The standard InChI is InChI=1S/C16H18N6OS/c17-15-11-24-16(20-15)21-19-10-13-2-4-14(5-3-13)23-9-1-7-22-8-6-18-12-22/h2-6,8,10-12H,1,7,9,17H2,(H,20,21). The Morgan fingerprint density at radius 3 is 2.92 bits per heavy atom. The van der Waals surface area contributed by atoms with E-state index in [0.717, 1.165) is 24.3 Å². The molecule has 2 heterocycles. The first-order valence-electron chi connectivity index (χ1n) is 7.48. The molecule has 0 aliphatic carbocycles. The van der Waals surface area contributed by atoms with Gasteiger partial charge in [-0.05, 0) is 36.2 Å². The zero-order valence-corrected chi connectivity index (χ0v) is 13.8. The van der Waals surface area contributed by atoms with Crippen LogP contribution in [0.1, 0.15) is 12.0 Å². The Kier molecular flexibility index (Phi) is 5.41. The third kappa shape index (κ3) is 4.82. The summed E-state index contributed by atoms with van der Waals surface area (Å²) in [7, 11) is 0. The van der Waals surface area contributed by atoms with Gasteiger partial charge in [0.25, 0.3) is 0 Å². The van der Waals surface area contributed by atoms with E-state index in [0.29, 0.717) is 17.6 Å². The van der Waals surface area contributed by atoms with Crippen molar-refractivity contribution in [2.75, 3.05) is 17.8 Å². The van der Waals surface area contributed by atoms with Gasteiger partial charge in [-0.2, -0.15) is 5.10 Å². The molecule has 0 spiro atoms. The minimum atomic E-state index is 0.493. The zero-order chi connectivity index (χ0) is 16.6. The molecule has 0 unspecified atom stereocenters. The normalized spacial score (nSPS) is 11.0. The number of ether oxygens (including phenoxy) is 1. The third-order valence-corrected chi connectivity index (χ3v) is 3.93. The van der Waals surface area contributed by atoms with Crippen LogP contribution >= 0.6 is 11.3 Å². The molecule has 2 aromatic heterocycles. The molecule has 7 nitrogen and oxygen atoms in total. The van der Waals surface area contributed by atoms with E-state index >= 15 is 0 Å².